The fourth-order valence-corrected chi connectivity index (χ4v) is 4.82. The molecule has 2 N–H and O–H groups in total. The van der Waals surface area contributed by atoms with Crippen LogP contribution in [0.4, 0.5) is 14.5 Å². The van der Waals surface area contributed by atoms with Gasteiger partial charge in [-0.2, -0.15) is 5.10 Å². The Morgan fingerprint density at radius 3 is 2.35 bits per heavy atom. The van der Waals surface area contributed by atoms with Crippen molar-refractivity contribution < 1.29 is 13.6 Å². The van der Waals surface area contributed by atoms with Gasteiger partial charge in [0.2, 0.25) is 5.91 Å². The van der Waals surface area contributed by atoms with Gasteiger partial charge in [0.15, 0.2) is 0 Å². The summed E-state index contributed by atoms with van der Waals surface area (Å²) in [5, 5.41) is 10.1. The third-order valence-electron chi connectivity index (χ3n) is 6.54. The molecular formula is C23H23F2N5O. The van der Waals surface area contributed by atoms with Crippen molar-refractivity contribution in [2.45, 2.75) is 26.2 Å². The Kier molecular flexibility index (Phi) is 4.72. The number of aromatic nitrogens is 3. The molecule has 1 spiro atoms. The zero-order chi connectivity index (χ0) is 21.6. The maximum Gasteiger partial charge on any atom is 0.220 e. The summed E-state index contributed by atoms with van der Waals surface area (Å²) >= 11 is 0. The molecule has 2 fully saturated rings. The average Bonchev–Trinajstić information content (AvgIpc) is 3.32. The molecule has 2 saturated heterocycles. The van der Waals surface area contributed by atoms with Crippen molar-refractivity contribution in [3.8, 4) is 22.4 Å². The van der Waals surface area contributed by atoms with E-state index in [2.05, 4.69) is 20.5 Å². The van der Waals surface area contributed by atoms with Crippen LogP contribution < -0.4 is 10.2 Å². The number of nitrogens with zero attached hydrogens (tertiary/aromatic N) is 3. The number of anilines is 1. The smallest absolute Gasteiger partial charge is 0.220 e. The van der Waals surface area contributed by atoms with E-state index in [0.29, 0.717) is 42.9 Å². The van der Waals surface area contributed by atoms with Gasteiger partial charge < -0.3 is 10.2 Å². The molecule has 5 rings (SSSR count). The highest BCUT2D eigenvalue weighted by Gasteiger charge is 2.41. The normalized spacial score (nSPS) is 17.9. The minimum atomic E-state index is -0.590. The molecule has 31 heavy (non-hydrogen) atoms. The Morgan fingerprint density at radius 2 is 1.74 bits per heavy atom. The predicted octanol–water partition coefficient (Wildman–Crippen LogP) is 3.83. The van der Waals surface area contributed by atoms with E-state index in [1.807, 2.05) is 19.1 Å². The number of benzene rings is 1. The van der Waals surface area contributed by atoms with E-state index in [0.717, 1.165) is 24.1 Å². The molecule has 6 nitrogen and oxygen atoms in total. The summed E-state index contributed by atoms with van der Waals surface area (Å²) in [4.78, 5) is 17.4. The summed E-state index contributed by atoms with van der Waals surface area (Å²) in [7, 11) is 0. The number of hydrogen-bond donors (Lipinski definition) is 2. The lowest BCUT2D eigenvalue weighted by atomic mass is 9.77. The van der Waals surface area contributed by atoms with Crippen LogP contribution in [0.15, 0.2) is 36.7 Å². The predicted molar refractivity (Wildman–Crippen MR) is 113 cm³/mol. The van der Waals surface area contributed by atoms with Gasteiger partial charge in [-0.25, -0.2) is 8.78 Å². The molecule has 3 aromatic rings. The standard InChI is InChI=1S/C23H23F2N5O/c1-14-20(21(29-28-14)15-2-6-26-7-3-15)16-10-17(24)22(18(25)11-16)30-8-4-23(5-9-30)12-19(31)27-13-23/h2-3,6-7,10-11H,4-5,8-9,12-13H2,1H3,(H,27,31)(H,28,29). The number of halogens is 2. The highest BCUT2D eigenvalue weighted by atomic mass is 19.1. The second-order valence-electron chi connectivity index (χ2n) is 8.54. The molecule has 160 valence electrons. The zero-order valence-electron chi connectivity index (χ0n) is 17.2. The Bertz CT molecular complexity index is 1110. The average molecular weight is 423 g/mol. The maximum absolute atomic E-state index is 15.2. The number of hydrogen-bond acceptors (Lipinski definition) is 4. The number of nitrogens with one attached hydrogen (secondary N) is 2. The van der Waals surface area contributed by atoms with Crippen LogP contribution >= 0.6 is 0 Å². The minimum Gasteiger partial charge on any atom is -0.367 e. The summed E-state index contributed by atoms with van der Waals surface area (Å²) in [5.41, 5.74) is 3.22. The Labute approximate surface area is 178 Å². The van der Waals surface area contributed by atoms with Gasteiger partial charge in [0.1, 0.15) is 23.0 Å². The van der Waals surface area contributed by atoms with Gasteiger partial charge in [-0.05, 0) is 55.0 Å². The summed E-state index contributed by atoms with van der Waals surface area (Å²) < 4.78 is 30.4. The van der Waals surface area contributed by atoms with Gasteiger partial charge in [0, 0.05) is 55.3 Å². The van der Waals surface area contributed by atoms with Crippen molar-refractivity contribution in [2.24, 2.45) is 5.41 Å². The third kappa shape index (κ3) is 3.45. The van der Waals surface area contributed by atoms with Crippen LogP contribution in [-0.2, 0) is 4.79 Å². The van der Waals surface area contributed by atoms with Gasteiger partial charge >= 0.3 is 0 Å². The zero-order valence-corrected chi connectivity index (χ0v) is 17.2. The number of aryl methyl sites for hydroxylation is 1. The molecule has 0 atom stereocenters. The highest BCUT2D eigenvalue weighted by Crippen LogP contribution is 2.41. The summed E-state index contributed by atoms with van der Waals surface area (Å²) in [6, 6.07) is 6.39. The summed E-state index contributed by atoms with van der Waals surface area (Å²) in [5.74, 6) is -1.11. The molecule has 2 aliphatic rings. The van der Waals surface area contributed by atoms with Crippen molar-refractivity contribution in [3.63, 3.8) is 0 Å². The lowest BCUT2D eigenvalue weighted by Gasteiger charge is -2.39. The first kappa shape index (κ1) is 19.7. The van der Waals surface area contributed by atoms with Gasteiger partial charge in [0.25, 0.3) is 0 Å². The van der Waals surface area contributed by atoms with Gasteiger partial charge in [-0.3, -0.25) is 14.9 Å². The molecule has 2 aromatic heterocycles. The molecule has 2 aliphatic heterocycles. The fourth-order valence-electron chi connectivity index (χ4n) is 4.82. The van der Waals surface area contributed by atoms with Crippen molar-refractivity contribution in [1.82, 2.24) is 20.5 Å². The fraction of sp³-hybridized carbons (Fsp3) is 0.348. The lowest BCUT2D eigenvalue weighted by Crippen LogP contribution is -2.42. The van der Waals surface area contributed by atoms with Crippen LogP contribution in [0.5, 0.6) is 0 Å². The molecule has 0 unspecified atom stereocenters. The van der Waals surface area contributed by atoms with Crippen molar-refractivity contribution >= 4 is 11.6 Å². The quantitative estimate of drug-likeness (QED) is 0.672. The van der Waals surface area contributed by atoms with Gasteiger partial charge in [-0.1, -0.05) is 0 Å². The van der Waals surface area contributed by atoms with E-state index in [1.165, 1.54) is 12.1 Å². The van der Waals surface area contributed by atoms with E-state index in [1.54, 1.807) is 17.3 Å². The van der Waals surface area contributed by atoms with Crippen LogP contribution in [0.25, 0.3) is 22.4 Å². The molecular weight excluding hydrogens is 400 g/mol. The number of piperidine rings is 1. The Hall–Kier alpha value is -3.29. The summed E-state index contributed by atoms with van der Waals surface area (Å²) in [6.07, 6.45) is 5.29. The third-order valence-corrected chi connectivity index (χ3v) is 6.54. The number of carbonyl (C=O) groups is 1. The van der Waals surface area contributed by atoms with Crippen LogP contribution in [0.1, 0.15) is 25.0 Å². The van der Waals surface area contributed by atoms with Crippen molar-refractivity contribution in [1.29, 1.82) is 0 Å². The number of rotatable bonds is 3. The molecule has 8 heteroatoms. The number of pyridine rings is 1. The molecule has 1 aromatic carbocycles. The van der Waals surface area contributed by atoms with Crippen LogP contribution in [-0.4, -0.2) is 40.7 Å². The van der Waals surface area contributed by atoms with Gasteiger partial charge in [0.05, 0.1) is 0 Å². The van der Waals surface area contributed by atoms with Crippen LogP contribution in [0.3, 0.4) is 0 Å². The van der Waals surface area contributed by atoms with E-state index in [-0.39, 0.29) is 17.0 Å². The number of H-pyrrole nitrogens is 1. The first-order chi connectivity index (χ1) is 15.0. The maximum atomic E-state index is 15.2. The minimum absolute atomic E-state index is 0.00231. The molecule has 1 amide bonds. The Balaban J connectivity index is 1.45. The van der Waals surface area contributed by atoms with Crippen LogP contribution in [0, 0.1) is 24.0 Å². The van der Waals surface area contributed by atoms with E-state index in [4.69, 9.17) is 0 Å². The first-order valence-corrected chi connectivity index (χ1v) is 10.4. The Morgan fingerprint density at radius 1 is 1.06 bits per heavy atom. The van der Waals surface area contributed by atoms with E-state index < -0.39 is 11.6 Å². The van der Waals surface area contributed by atoms with E-state index in [9.17, 15) is 4.79 Å². The monoisotopic (exact) mass is 423 g/mol. The summed E-state index contributed by atoms with van der Waals surface area (Å²) in [6.45, 7) is 3.53. The topological polar surface area (TPSA) is 73.9 Å². The molecule has 0 aliphatic carbocycles. The molecule has 0 bridgehead atoms. The van der Waals surface area contributed by atoms with Crippen LogP contribution in [0.2, 0.25) is 0 Å². The van der Waals surface area contributed by atoms with Crippen molar-refractivity contribution in [3.05, 3.63) is 54.0 Å². The largest absolute Gasteiger partial charge is 0.367 e. The number of amides is 1. The highest BCUT2D eigenvalue weighted by molar-refractivity contribution is 5.83. The number of aromatic amines is 1. The first-order valence-electron chi connectivity index (χ1n) is 10.4. The number of carbonyl (C=O) groups excluding carboxylic acids is 1. The van der Waals surface area contributed by atoms with E-state index >= 15 is 8.78 Å². The molecule has 4 heterocycles. The second-order valence-corrected chi connectivity index (χ2v) is 8.54. The van der Waals surface area contributed by atoms with Gasteiger partial charge in [-0.15, -0.1) is 0 Å². The lowest BCUT2D eigenvalue weighted by molar-refractivity contribution is -0.119. The SMILES string of the molecule is Cc1[nH]nc(-c2ccncc2)c1-c1cc(F)c(N2CCC3(CC2)CNC(=O)C3)c(F)c1. The second kappa shape index (κ2) is 7.44. The van der Waals surface area contributed by atoms with Crippen molar-refractivity contribution in [2.75, 3.05) is 24.5 Å². The molecule has 0 saturated carbocycles. The molecule has 0 radical (unpaired) electrons.